The molecule has 0 radical (unpaired) electrons. The maximum Gasteiger partial charge on any atom is 0.223 e. The van der Waals surface area contributed by atoms with Crippen LogP contribution in [-0.4, -0.2) is 15.8 Å². The van der Waals surface area contributed by atoms with E-state index in [9.17, 15) is 4.79 Å². The zero-order valence-electron chi connectivity index (χ0n) is 10.7. The molecule has 1 aromatic carbocycles. The second-order valence-corrected chi connectivity index (χ2v) is 4.84. The van der Waals surface area contributed by atoms with Gasteiger partial charge in [0, 0.05) is 19.2 Å². The zero-order valence-corrected chi connectivity index (χ0v) is 10.7. The van der Waals surface area contributed by atoms with Gasteiger partial charge in [0.15, 0.2) is 0 Å². The standard InChI is InChI=1S/C16H16N2O/c19-16(9-8-13-5-2-1-3-6-13)18-11-14-7-4-10-17-15(14)12-18/h1-7,10H,8-9,11-12H2. The molecule has 1 aliphatic heterocycles. The number of fused-ring (bicyclic) bond motifs is 1. The fourth-order valence-corrected chi connectivity index (χ4v) is 2.43. The minimum Gasteiger partial charge on any atom is -0.332 e. The lowest BCUT2D eigenvalue weighted by molar-refractivity contribution is -0.131. The van der Waals surface area contributed by atoms with Crippen molar-refractivity contribution >= 4 is 5.91 Å². The number of hydrogen-bond acceptors (Lipinski definition) is 2. The van der Waals surface area contributed by atoms with Gasteiger partial charge in [0.05, 0.1) is 12.2 Å². The highest BCUT2D eigenvalue weighted by Crippen LogP contribution is 2.21. The van der Waals surface area contributed by atoms with E-state index in [0.717, 1.165) is 12.1 Å². The molecular formula is C16H16N2O. The molecule has 0 aliphatic carbocycles. The van der Waals surface area contributed by atoms with Crippen LogP contribution in [0.2, 0.25) is 0 Å². The van der Waals surface area contributed by atoms with Crippen molar-refractivity contribution in [3.63, 3.8) is 0 Å². The van der Waals surface area contributed by atoms with Crippen LogP contribution < -0.4 is 0 Å². The van der Waals surface area contributed by atoms with E-state index in [2.05, 4.69) is 17.1 Å². The molecule has 2 heterocycles. The number of nitrogens with zero attached hydrogens (tertiary/aromatic N) is 2. The van der Waals surface area contributed by atoms with E-state index in [1.54, 1.807) is 6.20 Å². The van der Waals surface area contributed by atoms with Crippen molar-refractivity contribution in [2.75, 3.05) is 0 Å². The van der Waals surface area contributed by atoms with Crippen molar-refractivity contribution < 1.29 is 4.79 Å². The molecule has 3 nitrogen and oxygen atoms in total. The highest BCUT2D eigenvalue weighted by Gasteiger charge is 2.23. The van der Waals surface area contributed by atoms with Gasteiger partial charge in [0.2, 0.25) is 5.91 Å². The van der Waals surface area contributed by atoms with E-state index in [-0.39, 0.29) is 5.91 Å². The number of amides is 1. The molecule has 0 fully saturated rings. The van der Waals surface area contributed by atoms with Crippen LogP contribution in [0.3, 0.4) is 0 Å². The van der Waals surface area contributed by atoms with Gasteiger partial charge >= 0.3 is 0 Å². The van der Waals surface area contributed by atoms with Gasteiger partial charge in [-0.1, -0.05) is 36.4 Å². The van der Waals surface area contributed by atoms with Crippen molar-refractivity contribution in [2.45, 2.75) is 25.9 Å². The van der Waals surface area contributed by atoms with E-state index in [4.69, 9.17) is 0 Å². The molecule has 0 unspecified atom stereocenters. The van der Waals surface area contributed by atoms with Crippen molar-refractivity contribution in [1.29, 1.82) is 0 Å². The first-order chi connectivity index (χ1) is 9.33. The quantitative estimate of drug-likeness (QED) is 0.841. The molecule has 2 aromatic rings. The van der Waals surface area contributed by atoms with Crippen LogP contribution in [0.25, 0.3) is 0 Å². The molecule has 0 saturated carbocycles. The van der Waals surface area contributed by atoms with E-state index in [1.807, 2.05) is 35.2 Å². The van der Waals surface area contributed by atoms with Crippen LogP contribution in [0.5, 0.6) is 0 Å². The number of pyridine rings is 1. The Morgan fingerprint density at radius 1 is 1.11 bits per heavy atom. The summed E-state index contributed by atoms with van der Waals surface area (Å²) in [7, 11) is 0. The van der Waals surface area contributed by atoms with Gasteiger partial charge in [-0.2, -0.15) is 0 Å². The Kier molecular flexibility index (Phi) is 3.27. The zero-order chi connectivity index (χ0) is 13.1. The Morgan fingerprint density at radius 3 is 2.74 bits per heavy atom. The van der Waals surface area contributed by atoms with Gasteiger partial charge < -0.3 is 4.90 Å². The van der Waals surface area contributed by atoms with Gasteiger partial charge in [0.25, 0.3) is 0 Å². The summed E-state index contributed by atoms with van der Waals surface area (Å²) in [5, 5.41) is 0. The molecular weight excluding hydrogens is 236 g/mol. The first kappa shape index (κ1) is 11.9. The first-order valence-corrected chi connectivity index (χ1v) is 6.57. The van der Waals surface area contributed by atoms with Gasteiger partial charge in [-0.15, -0.1) is 0 Å². The number of benzene rings is 1. The topological polar surface area (TPSA) is 33.2 Å². The predicted octanol–water partition coefficient (Wildman–Crippen LogP) is 2.56. The Hall–Kier alpha value is -2.16. The summed E-state index contributed by atoms with van der Waals surface area (Å²) in [6, 6.07) is 14.1. The maximum absolute atomic E-state index is 12.2. The van der Waals surface area contributed by atoms with Crippen molar-refractivity contribution in [1.82, 2.24) is 9.88 Å². The summed E-state index contributed by atoms with van der Waals surface area (Å²) in [5.74, 6) is 0.210. The Balaban J connectivity index is 1.58. The molecule has 0 N–H and O–H groups in total. The first-order valence-electron chi connectivity index (χ1n) is 6.57. The van der Waals surface area contributed by atoms with Crippen LogP contribution in [0, 0.1) is 0 Å². The summed E-state index contributed by atoms with van der Waals surface area (Å²) in [5.41, 5.74) is 3.43. The molecule has 1 aliphatic rings. The Morgan fingerprint density at radius 2 is 1.95 bits per heavy atom. The number of aryl methyl sites for hydroxylation is 1. The molecule has 3 heteroatoms. The predicted molar refractivity (Wildman–Crippen MR) is 73.3 cm³/mol. The molecule has 1 amide bonds. The third kappa shape index (κ3) is 2.65. The van der Waals surface area contributed by atoms with E-state index >= 15 is 0 Å². The van der Waals surface area contributed by atoms with E-state index in [1.165, 1.54) is 11.1 Å². The van der Waals surface area contributed by atoms with Gasteiger partial charge in [0.1, 0.15) is 0 Å². The number of rotatable bonds is 3. The van der Waals surface area contributed by atoms with Gasteiger partial charge in [-0.3, -0.25) is 9.78 Å². The fourth-order valence-electron chi connectivity index (χ4n) is 2.43. The van der Waals surface area contributed by atoms with Crippen molar-refractivity contribution in [3.05, 3.63) is 65.5 Å². The molecule has 19 heavy (non-hydrogen) atoms. The minimum atomic E-state index is 0.210. The van der Waals surface area contributed by atoms with Crippen molar-refractivity contribution in [3.8, 4) is 0 Å². The molecule has 3 rings (SSSR count). The summed E-state index contributed by atoms with van der Waals surface area (Å²) < 4.78 is 0. The third-order valence-corrected chi connectivity index (χ3v) is 3.51. The third-order valence-electron chi connectivity index (χ3n) is 3.51. The molecule has 0 spiro atoms. The largest absolute Gasteiger partial charge is 0.332 e. The number of carbonyl (C=O) groups is 1. The molecule has 0 bridgehead atoms. The van der Waals surface area contributed by atoms with Crippen LogP contribution in [0.1, 0.15) is 23.2 Å². The summed E-state index contributed by atoms with van der Waals surface area (Å²) in [6.07, 6.45) is 3.16. The lowest BCUT2D eigenvalue weighted by Gasteiger charge is -2.14. The summed E-state index contributed by atoms with van der Waals surface area (Å²) in [4.78, 5) is 18.4. The number of carbonyl (C=O) groups excluding carboxylic acids is 1. The number of aromatic nitrogens is 1. The molecule has 96 valence electrons. The lowest BCUT2D eigenvalue weighted by atomic mass is 10.1. The Labute approximate surface area is 112 Å². The van der Waals surface area contributed by atoms with Crippen molar-refractivity contribution in [2.24, 2.45) is 0 Å². The summed E-state index contributed by atoms with van der Waals surface area (Å²) >= 11 is 0. The van der Waals surface area contributed by atoms with Crippen LogP contribution in [0.4, 0.5) is 0 Å². The SMILES string of the molecule is O=C(CCc1ccccc1)N1Cc2cccnc2C1. The average molecular weight is 252 g/mol. The monoisotopic (exact) mass is 252 g/mol. The second-order valence-electron chi connectivity index (χ2n) is 4.84. The average Bonchev–Trinajstić information content (AvgIpc) is 2.90. The van der Waals surface area contributed by atoms with Crippen LogP contribution in [-0.2, 0) is 24.3 Å². The molecule has 1 aromatic heterocycles. The number of hydrogen-bond donors (Lipinski definition) is 0. The molecule has 0 saturated heterocycles. The highest BCUT2D eigenvalue weighted by atomic mass is 16.2. The highest BCUT2D eigenvalue weighted by molar-refractivity contribution is 5.77. The smallest absolute Gasteiger partial charge is 0.223 e. The van der Waals surface area contributed by atoms with Gasteiger partial charge in [-0.05, 0) is 23.6 Å². The van der Waals surface area contributed by atoms with Crippen LogP contribution in [0.15, 0.2) is 48.7 Å². The lowest BCUT2D eigenvalue weighted by Crippen LogP contribution is -2.25. The summed E-state index contributed by atoms with van der Waals surface area (Å²) in [6.45, 7) is 1.36. The van der Waals surface area contributed by atoms with Gasteiger partial charge in [-0.25, -0.2) is 0 Å². The van der Waals surface area contributed by atoms with E-state index in [0.29, 0.717) is 19.5 Å². The van der Waals surface area contributed by atoms with Crippen LogP contribution >= 0.6 is 0 Å². The maximum atomic E-state index is 12.2. The fraction of sp³-hybridized carbons (Fsp3) is 0.250. The minimum absolute atomic E-state index is 0.210. The molecule has 0 atom stereocenters. The second kappa shape index (κ2) is 5.22. The van der Waals surface area contributed by atoms with E-state index < -0.39 is 0 Å². The normalized spacial score (nSPS) is 13.4. The Bertz CT molecular complexity index is 555.